The first-order chi connectivity index (χ1) is 8.04. The first-order valence-corrected chi connectivity index (χ1v) is 5.69. The van der Waals surface area contributed by atoms with E-state index >= 15 is 0 Å². The van der Waals surface area contributed by atoms with Crippen LogP contribution in [0.2, 0.25) is 0 Å². The second-order valence-corrected chi connectivity index (χ2v) is 4.67. The third kappa shape index (κ3) is 2.26. The Hall–Kier alpha value is -1.55. The van der Waals surface area contributed by atoms with E-state index in [0.717, 1.165) is 17.7 Å². The lowest BCUT2D eigenvalue weighted by Gasteiger charge is -2.18. The van der Waals surface area contributed by atoms with Gasteiger partial charge in [0.15, 0.2) is 0 Å². The van der Waals surface area contributed by atoms with Gasteiger partial charge in [0.05, 0.1) is 12.7 Å². The van der Waals surface area contributed by atoms with Crippen LogP contribution in [0.3, 0.4) is 0 Å². The van der Waals surface area contributed by atoms with Gasteiger partial charge in [0.2, 0.25) is 0 Å². The topological polar surface area (TPSA) is 55.6 Å². The fourth-order valence-electron chi connectivity index (χ4n) is 2.08. The van der Waals surface area contributed by atoms with Crippen molar-refractivity contribution >= 4 is 11.7 Å². The average Bonchev–Trinajstić information content (AvgIpc) is 3.04. The quantitative estimate of drug-likeness (QED) is 0.802. The number of methoxy groups -OCH3 is 1. The number of nitrogens with zero attached hydrogens (tertiary/aromatic N) is 1. The minimum atomic E-state index is -0.300. The van der Waals surface area contributed by atoms with Gasteiger partial charge in [0.1, 0.15) is 0 Å². The molecular weight excluding hydrogens is 216 g/mol. The van der Waals surface area contributed by atoms with Crippen molar-refractivity contribution in [3.05, 3.63) is 29.3 Å². The number of hydrogen-bond acceptors (Lipinski definition) is 4. The van der Waals surface area contributed by atoms with E-state index in [4.69, 9.17) is 10.5 Å². The molecule has 0 radical (unpaired) electrons. The Morgan fingerprint density at radius 3 is 2.59 bits per heavy atom. The molecule has 0 unspecified atom stereocenters. The zero-order valence-corrected chi connectivity index (χ0v) is 10.4. The molecule has 0 amide bonds. The van der Waals surface area contributed by atoms with E-state index < -0.39 is 0 Å². The molecule has 0 aromatic heterocycles. The molecule has 2 N–H and O–H groups in total. The smallest absolute Gasteiger partial charge is 0.337 e. The number of carbonyl (C=O) groups excluding carboxylic acids is 1. The monoisotopic (exact) mass is 234 g/mol. The second kappa shape index (κ2) is 4.37. The summed E-state index contributed by atoms with van der Waals surface area (Å²) in [5, 5.41) is 0. The van der Waals surface area contributed by atoms with Crippen molar-refractivity contribution in [1.82, 2.24) is 0 Å². The highest BCUT2D eigenvalue weighted by Gasteiger charge is 2.37. The lowest BCUT2D eigenvalue weighted by molar-refractivity contribution is 0.0600. The van der Waals surface area contributed by atoms with Crippen LogP contribution < -0.4 is 10.6 Å². The Balaban J connectivity index is 2.40. The van der Waals surface area contributed by atoms with Crippen LogP contribution >= 0.6 is 0 Å². The number of ether oxygens (including phenoxy) is 1. The second-order valence-electron chi connectivity index (χ2n) is 4.67. The minimum Gasteiger partial charge on any atom is -0.465 e. The van der Waals surface area contributed by atoms with E-state index in [1.807, 2.05) is 31.1 Å². The third-order valence-corrected chi connectivity index (χ3v) is 3.17. The lowest BCUT2D eigenvalue weighted by atomic mass is 10.0. The zero-order valence-electron chi connectivity index (χ0n) is 10.4. The molecule has 92 valence electrons. The van der Waals surface area contributed by atoms with E-state index in [-0.39, 0.29) is 12.0 Å². The number of rotatable bonds is 3. The third-order valence-electron chi connectivity index (χ3n) is 3.17. The van der Waals surface area contributed by atoms with Crippen LogP contribution in [0, 0.1) is 0 Å². The zero-order chi connectivity index (χ0) is 12.6. The predicted octanol–water partition coefficient (Wildman–Crippen LogP) is 1.35. The van der Waals surface area contributed by atoms with Crippen molar-refractivity contribution in [1.29, 1.82) is 0 Å². The number of anilines is 1. The van der Waals surface area contributed by atoms with Crippen molar-refractivity contribution in [2.45, 2.75) is 18.4 Å². The molecule has 17 heavy (non-hydrogen) atoms. The van der Waals surface area contributed by atoms with E-state index in [0.29, 0.717) is 11.5 Å². The van der Waals surface area contributed by atoms with E-state index in [2.05, 4.69) is 0 Å². The minimum absolute atomic E-state index is 0.224. The van der Waals surface area contributed by atoms with Crippen LogP contribution in [0.15, 0.2) is 18.2 Å². The predicted molar refractivity (Wildman–Crippen MR) is 67.4 cm³/mol. The summed E-state index contributed by atoms with van der Waals surface area (Å²) in [7, 11) is 5.37. The molecule has 1 aliphatic rings. The Kier molecular flexibility index (Phi) is 3.07. The van der Waals surface area contributed by atoms with Crippen LogP contribution in [0.1, 0.15) is 28.3 Å². The normalized spacial score (nSPS) is 22.1. The van der Waals surface area contributed by atoms with Crippen LogP contribution in [0.4, 0.5) is 5.69 Å². The summed E-state index contributed by atoms with van der Waals surface area (Å²) in [6.45, 7) is 0. The molecule has 0 bridgehead atoms. The molecule has 1 aromatic rings. The summed E-state index contributed by atoms with van der Waals surface area (Å²) >= 11 is 0. The Labute approximate surface area is 101 Å². The van der Waals surface area contributed by atoms with Crippen molar-refractivity contribution in [2.24, 2.45) is 5.73 Å². The molecule has 1 aromatic carbocycles. The SMILES string of the molecule is COC(=O)c1ccc(N(C)C)c([C@@H]2C[C@H]2N)c1. The number of hydrogen-bond donors (Lipinski definition) is 1. The fraction of sp³-hybridized carbons (Fsp3) is 0.462. The highest BCUT2D eigenvalue weighted by molar-refractivity contribution is 5.90. The Bertz CT molecular complexity index is 443. The van der Waals surface area contributed by atoms with E-state index in [9.17, 15) is 4.79 Å². The van der Waals surface area contributed by atoms with Crippen molar-refractivity contribution in [2.75, 3.05) is 26.1 Å². The molecule has 0 aliphatic heterocycles. The first kappa shape index (κ1) is 11.9. The summed E-state index contributed by atoms with van der Waals surface area (Å²) in [6, 6.07) is 5.87. The molecule has 1 saturated carbocycles. The highest BCUT2D eigenvalue weighted by atomic mass is 16.5. The molecule has 4 heteroatoms. The van der Waals surface area contributed by atoms with Crippen LogP contribution in [-0.2, 0) is 4.74 Å². The molecule has 1 aliphatic carbocycles. The molecule has 1 fully saturated rings. The highest BCUT2D eigenvalue weighted by Crippen LogP contribution is 2.43. The van der Waals surface area contributed by atoms with Gasteiger partial charge in [-0.05, 0) is 30.2 Å². The largest absolute Gasteiger partial charge is 0.465 e. The van der Waals surface area contributed by atoms with Gasteiger partial charge in [-0.2, -0.15) is 0 Å². The van der Waals surface area contributed by atoms with Gasteiger partial charge in [-0.3, -0.25) is 0 Å². The molecule has 0 saturated heterocycles. The van der Waals surface area contributed by atoms with Gasteiger partial charge in [-0.25, -0.2) is 4.79 Å². The molecule has 2 atom stereocenters. The van der Waals surface area contributed by atoms with Gasteiger partial charge in [0.25, 0.3) is 0 Å². The maximum atomic E-state index is 11.5. The van der Waals surface area contributed by atoms with Gasteiger partial charge >= 0.3 is 5.97 Å². The summed E-state index contributed by atoms with van der Waals surface area (Å²) in [5.41, 5.74) is 8.75. The summed E-state index contributed by atoms with van der Waals surface area (Å²) in [5.74, 6) is 0.0720. The standard InChI is InChI=1S/C13H18N2O2/c1-15(2)12-5-4-8(13(16)17-3)6-10(12)9-7-11(9)14/h4-6,9,11H,7,14H2,1-3H3/t9-,11+/m0/s1. The Morgan fingerprint density at radius 2 is 2.12 bits per heavy atom. The number of nitrogens with two attached hydrogens (primary N) is 1. The van der Waals surface area contributed by atoms with Gasteiger partial charge < -0.3 is 15.4 Å². The molecular formula is C13H18N2O2. The fourth-order valence-corrected chi connectivity index (χ4v) is 2.08. The number of carbonyl (C=O) groups is 1. The van der Waals surface area contributed by atoms with Crippen molar-refractivity contribution < 1.29 is 9.53 Å². The number of esters is 1. The molecule has 0 spiro atoms. The molecule has 2 rings (SSSR count). The van der Waals surface area contributed by atoms with Crippen molar-refractivity contribution in [3.63, 3.8) is 0 Å². The van der Waals surface area contributed by atoms with E-state index in [1.54, 1.807) is 6.07 Å². The van der Waals surface area contributed by atoms with Gasteiger partial charge in [-0.15, -0.1) is 0 Å². The lowest BCUT2D eigenvalue weighted by Crippen LogP contribution is -2.13. The number of benzene rings is 1. The van der Waals surface area contributed by atoms with E-state index in [1.165, 1.54) is 7.11 Å². The maximum absolute atomic E-state index is 11.5. The van der Waals surface area contributed by atoms with Crippen molar-refractivity contribution in [3.8, 4) is 0 Å². The molecule has 0 heterocycles. The van der Waals surface area contributed by atoms with Crippen LogP contribution in [-0.4, -0.2) is 33.2 Å². The maximum Gasteiger partial charge on any atom is 0.337 e. The average molecular weight is 234 g/mol. The van der Waals surface area contributed by atoms with Crippen LogP contribution in [0.25, 0.3) is 0 Å². The van der Waals surface area contributed by atoms with Gasteiger partial charge in [-0.1, -0.05) is 0 Å². The summed E-state index contributed by atoms with van der Waals surface area (Å²) < 4.78 is 4.73. The van der Waals surface area contributed by atoms with Crippen LogP contribution in [0.5, 0.6) is 0 Å². The summed E-state index contributed by atoms with van der Waals surface area (Å²) in [4.78, 5) is 13.5. The Morgan fingerprint density at radius 1 is 1.47 bits per heavy atom. The molecule has 4 nitrogen and oxygen atoms in total. The summed E-state index contributed by atoms with van der Waals surface area (Å²) in [6.07, 6.45) is 0.992. The van der Waals surface area contributed by atoms with Gasteiger partial charge in [0, 0.05) is 31.7 Å². The first-order valence-electron chi connectivity index (χ1n) is 5.69.